The quantitative estimate of drug-likeness (QED) is 0.194. The molecule has 0 spiro atoms. The third-order valence-corrected chi connectivity index (χ3v) is 6.21. The van der Waals surface area contributed by atoms with E-state index in [0.29, 0.717) is 17.9 Å². The van der Waals surface area contributed by atoms with E-state index in [-0.39, 0.29) is 5.78 Å². The van der Waals surface area contributed by atoms with E-state index in [4.69, 9.17) is 4.74 Å². The van der Waals surface area contributed by atoms with Crippen LogP contribution in [0, 0.1) is 0 Å². The predicted octanol–water partition coefficient (Wildman–Crippen LogP) is 5.97. The van der Waals surface area contributed by atoms with E-state index in [1.54, 1.807) is 17.8 Å². The van der Waals surface area contributed by atoms with Gasteiger partial charge in [-0.15, -0.1) is 11.8 Å². The lowest BCUT2D eigenvalue weighted by atomic mass is 9.99. The fourth-order valence-corrected chi connectivity index (χ4v) is 4.29. The van der Waals surface area contributed by atoms with Crippen molar-refractivity contribution in [1.82, 2.24) is 9.80 Å². The van der Waals surface area contributed by atoms with Gasteiger partial charge >= 0.3 is 0 Å². The molecule has 0 aliphatic carbocycles. The molecule has 0 aliphatic rings. The van der Waals surface area contributed by atoms with Gasteiger partial charge in [-0.25, -0.2) is 0 Å². The van der Waals surface area contributed by atoms with Crippen molar-refractivity contribution in [3.8, 4) is 16.9 Å². The number of rotatable bonds is 11. The molecule has 178 valence electrons. The number of carbonyl (C=O) groups excluding carboxylic acids is 1. The van der Waals surface area contributed by atoms with Gasteiger partial charge in [0.1, 0.15) is 12.4 Å². The molecule has 5 heteroatoms. The second kappa shape index (κ2) is 12.6. The number of hydrogen-bond donors (Lipinski definition) is 0. The van der Waals surface area contributed by atoms with Crippen LogP contribution in [0.2, 0.25) is 0 Å². The van der Waals surface area contributed by atoms with Crippen LogP contribution in [0.3, 0.4) is 0 Å². The fraction of sp³-hybridized carbons (Fsp3) is 0.276. The van der Waals surface area contributed by atoms with E-state index in [9.17, 15) is 4.79 Å². The molecule has 0 radical (unpaired) electrons. The monoisotopic (exact) mass is 474 g/mol. The Morgan fingerprint density at radius 2 is 1.68 bits per heavy atom. The highest BCUT2D eigenvalue weighted by molar-refractivity contribution is 7.98. The van der Waals surface area contributed by atoms with Crippen LogP contribution >= 0.6 is 11.8 Å². The summed E-state index contributed by atoms with van der Waals surface area (Å²) in [7, 11) is 8.10. The van der Waals surface area contributed by atoms with Crippen LogP contribution < -0.4 is 4.74 Å². The minimum atomic E-state index is -0.0667. The smallest absolute Gasteiger partial charge is 0.189 e. The zero-order valence-corrected chi connectivity index (χ0v) is 21.6. The highest BCUT2D eigenvalue weighted by Gasteiger charge is 2.14. The summed E-state index contributed by atoms with van der Waals surface area (Å²) in [5.41, 5.74) is 4.93. The topological polar surface area (TPSA) is 32.8 Å². The number of benzene rings is 3. The summed E-state index contributed by atoms with van der Waals surface area (Å²) in [6, 6.07) is 22.3. The largest absolute Gasteiger partial charge is 0.491 e. The summed E-state index contributed by atoms with van der Waals surface area (Å²) in [4.78, 5) is 18.8. The SMILES string of the molecule is CSc1ccccc1-c1ccc(OCCN(C)C)c(C(=O)/C=C/c2ccccc2CN(C)C)c1. The molecule has 0 fully saturated rings. The molecule has 0 aliphatic heterocycles. The molecule has 4 nitrogen and oxygen atoms in total. The van der Waals surface area contributed by atoms with Gasteiger partial charge in [0.05, 0.1) is 5.56 Å². The number of thioether (sulfide) groups is 1. The molecule has 0 bridgehead atoms. The van der Waals surface area contributed by atoms with Crippen LogP contribution in [0.1, 0.15) is 21.5 Å². The molecule has 0 saturated heterocycles. The van der Waals surface area contributed by atoms with Crippen LogP contribution in [-0.2, 0) is 6.54 Å². The van der Waals surface area contributed by atoms with Crippen molar-refractivity contribution in [2.45, 2.75) is 11.4 Å². The summed E-state index contributed by atoms with van der Waals surface area (Å²) in [6.07, 6.45) is 5.64. The summed E-state index contributed by atoms with van der Waals surface area (Å²) < 4.78 is 6.04. The van der Waals surface area contributed by atoms with Crippen molar-refractivity contribution in [2.75, 3.05) is 47.6 Å². The maximum Gasteiger partial charge on any atom is 0.189 e. The van der Waals surface area contributed by atoms with E-state index >= 15 is 0 Å². The van der Waals surface area contributed by atoms with Gasteiger partial charge in [-0.3, -0.25) is 4.79 Å². The number of carbonyl (C=O) groups is 1. The van der Waals surface area contributed by atoms with Crippen molar-refractivity contribution in [3.63, 3.8) is 0 Å². The summed E-state index contributed by atoms with van der Waals surface area (Å²) >= 11 is 1.70. The van der Waals surface area contributed by atoms with Gasteiger partial charge in [0.2, 0.25) is 0 Å². The molecule has 0 N–H and O–H groups in total. The maximum absolute atomic E-state index is 13.4. The van der Waals surface area contributed by atoms with Gasteiger partial charge in [0.15, 0.2) is 5.78 Å². The molecule has 34 heavy (non-hydrogen) atoms. The number of hydrogen-bond acceptors (Lipinski definition) is 5. The lowest BCUT2D eigenvalue weighted by Crippen LogP contribution is -2.20. The Labute approximate surface area is 208 Å². The zero-order valence-electron chi connectivity index (χ0n) is 20.7. The second-order valence-corrected chi connectivity index (χ2v) is 9.55. The average Bonchev–Trinajstić information content (AvgIpc) is 2.83. The zero-order chi connectivity index (χ0) is 24.5. The number of allylic oxidation sites excluding steroid dienone is 1. The van der Waals surface area contributed by atoms with Crippen molar-refractivity contribution in [3.05, 3.63) is 89.5 Å². The summed E-state index contributed by atoms with van der Waals surface area (Å²) in [6.45, 7) is 2.11. The number of ketones is 1. The van der Waals surface area contributed by atoms with Gasteiger partial charge < -0.3 is 14.5 Å². The molecule has 3 aromatic carbocycles. The van der Waals surface area contributed by atoms with E-state index in [1.165, 1.54) is 10.5 Å². The Balaban J connectivity index is 1.96. The van der Waals surface area contributed by atoms with E-state index in [0.717, 1.165) is 29.8 Å². The number of ether oxygens (including phenoxy) is 1. The minimum Gasteiger partial charge on any atom is -0.491 e. The first kappa shape index (κ1) is 25.8. The first-order valence-electron chi connectivity index (χ1n) is 11.4. The Morgan fingerprint density at radius 3 is 2.41 bits per heavy atom. The van der Waals surface area contributed by atoms with Crippen LogP contribution in [0.15, 0.2) is 77.7 Å². The number of nitrogens with zero attached hydrogens (tertiary/aromatic N) is 2. The minimum absolute atomic E-state index is 0.0667. The Bertz CT molecular complexity index is 1140. The second-order valence-electron chi connectivity index (χ2n) is 8.70. The van der Waals surface area contributed by atoms with E-state index in [2.05, 4.69) is 34.3 Å². The molecule has 0 unspecified atom stereocenters. The lowest BCUT2D eigenvalue weighted by Gasteiger charge is -2.15. The molecule has 0 saturated carbocycles. The van der Waals surface area contributed by atoms with Crippen molar-refractivity contribution in [2.24, 2.45) is 0 Å². The molecule has 0 heterocycles. The van der Waals surface area contributed by atoms with Crippen LogP contribution in [-0.4, -0.2) is 63.2 Å². The maximum atomic E-state index is 13.4. The standard InChI is InChI=1S/C29H34N2O2S/c1-30(2)18-19-33-28-17-15-23(25-12-8-9-13-29(25)34-5)20-26(28)27(32)16-14-22-10-6-7-11-24(22)21-31(3)4/h6-17,20H,18-19,21H2,1-5H3/b16-14+. The molecule has 3 rings (SSSR count). The normalized spacial score (nSPS) is 11.5. The molecule has 0 aromatic heterocycles. The van der Waals surface area contributed by atoms with E-state index < -0.39 is 0 Å². The Kier molecular flexibility index (Phi) is 9.52. The Morgan fingerprint density at radius 1 is 0.941 bits per heavy atom. The van der Waals surface area contributed by atoms with Gasteiger partial charge in [0, 0.05) is 18.0 Å². The summed E-state index contributed by atoms with van der Waals surface area (Å²) in [5.74, 6) is 0.548. The summed E-state index contributed by atoms with van der Waals surface area (Å²) in [5, 5.41) is 0. The van der Waals surface area contributed by atoms with Crippen LogP contribution in [0.5, 0.6) is 5.75 Å². The van der Waals surface area contributed by atoms with Gasteiger partial charge in [0.25, 0.3) is 0 Å². The fourth-order valence-electron chi connectivity index (χ4n) is 3.67. The third-order valence-electron chi connectivity index (χ3n) is 5.42. The van der Waals surface area contributed by atoms with Crippen molar-refractivity contribution >= 4 is 23.6 Å². The first-order valence-corrected chi connectivity index (χ1v) is 12.6. The Hall–Kier alpha value is -2.86. The molecule has 0 amide bonds. The van der Waals surface area contributed by atoms with Crippen LogP contribution in [0.4, 0.5) is 0 Å². The van der Waals surface area contributed by atoms with Gasteiger partial charge in [-0.05, 0) is 81.0 Å². The lowest BCUT2D eigenvalue weighted by molar-refractivity contribution is 0.104. The average molecular weight is 475 g/mol. The van der Waals surface area contributed by atoms with E-state index in [1.807, 2.05) is 82.8 Å². The third kappa shape index (κ3) is 7.07. The van der Waals surface area contributed by atoms with Crippen molar-refractivity contribution in [1.29, 1.82) is 0 Å². The molecular weight excluding hydrogens is 440 g/mol. The first-order chi connectivity index (χ1) is 16.4. The van der Waals surface area contributed by atoms with Crippen molar-refractivity contribution < 1.29 is 9.53 Å². The van der Waals surface area contributed by atoms with Gasteiger partial charge in [-0.2, -0.15) is 0 Å². The molecular formula is C29H34N2O2S. The number of likely N-dealkylation sites (N-methyl/N-ethyl adjacent to an activating group) is 1. The van der Waals surface area contributed by atoms with Gasteiger partial charge in [-0.1, -0.05) is 54.6 Å². The molecule has 0 atom stereocenters. The molecule has 3 aromatic rings. The van der Waals surface area contributed by atoms with Crippen LogP contribution in [0.25, 0.3) is 17.2 Å². The predicted molar refractivity (Wildman–Crippen MR) is 145 cm³/mol. The highest BCUT2D eigenvalue weighted by Crippen LogP contribution is 2.33. The highest BCUT2D eigenvalue weighted by atomic mass is 32.2.